The van der Waals surface area contributed by atoms with Crippen LogP contribution >= 0.6 is 23.7 Å². The van der Waals surface area contributed by atoms with Gasteiger partial charge in [-0.2, -0.15) is 0 Å². The lowest BCUT2D eigenvalue weighted by molar-refractivity contribution is 0.0945. The van der Waals surface area contributed by atoms with E-state index in [4.69, 9.17) is 10.5 Å². The highest BCUT2D eigenvalue weighted by Gasteiger charge is 2.13. The summed E-state index contributed by atoms with van der Waals surface area (Å²) >= 11 is 1.65. The van der Waals surface area contributed by atoms with Crippen LogP contribution in [0.1, 0.15) is 29.1 Å². The minimum absolute atomic E-state index is 0. The second kappa shape index (κ2) is 8.17. The maximum atomic E-state index is 12.1. The molecule has 120 valence electrons. The van der Waals surface area contributed by atoms with Crippen LogP contribution in [-0.2, 0) is 6.61 Å². The summed E-state index contributed by atoms with van der Waals surface area (Å²) in [5.41, 5.74) is 6.00. The number of ether oxygens (including phenoxy) is 1. The minimum Gasteiger partial charge on any atom is -0.488 e. The quantitative estimate of drug-likeness (QED) is 0.848. The van der Waals surface area contributed by atoms with Crippen LogP contribution in [0.4, 0.5) is 0 Å². The highest BCUT2D eigenvalue weighted by molar-refractivity contribution is 7.09. The summed E-state index contributed by atoms with van der Waals surface area (Å²) < 4.78 is 5.69. The number of nitrogens with two attached hydrogens (primary N) is 1. The number of carbonyl (C=O) groups excluding carboxylic acids is 1. The average Bonchev–Trinajstić information content (AvgIpc) is 2.95. The molecule has 22 heavy (non-hydrogen) atoms. The number of halogens is 1. The number of carbonyl (C=O) groups is 1. The molecule has 1 aromatic carbocycles. The van der Waals surface area contributed by atoms with Gasteiger partial charge in [0.15, 0.2) is 0 Å². The first-order chi connectivity index (χ1) is 9.94. The predicted octanol–water partition coefficient (Wildman–Crippen LogP) is 3.22. The van der Waals surface area contributed by atoms with Gasteiger partial charge in [0.25, 0.3) is 5.91 Å². The highest BCUT2D eigenvalue weighted by atomic mass is 35.5. The Balaban J connectivity index is 0.00000242. The van der Waals surface area contributed by atoms with E-state index in [0.717, 1.165) is 4.88 Å². The van der Waals surface area contributed by atoms with Crippen molar-refractivity contribution in [2.45, 2.75) is 26.0 Å². The normalized spacial score (nSPS) is 10.7. The molecule has 0 saturated carbocycles. The van der Waals surface area contributed by atoms with E-state index in [1.165, 1.54) is 0 Å². The third kappa shape index (κ3) is 6.05. The zero-order chi connectivity index (χ0) is 15.3. The molecule has 0 aliphatic rings. The molecule has 0 radical (unpaired) electrons. The van der Waals surface area contributed by atoms with E-state index in [1.54, 1.807) is 23.5 Å². The minimum atomic E-state index is -0.428. The van der Waals surface area contributed by atoms with Gasteiger partial charge in [0.05, 0.1) is 0 Å². The Morgan fingerprint density at radius 1 is 1.32 bits per heavy atom. The molecule has 0 spiro atoms. The van der Waals surface area contributed by atoms with Crippen LogP contribution in [0.25, 0.3) is 0 Å². The predicted molar refractivity (Wildman–Crippen MR) is 92.9 cm³/mol. The van der Waals surface area contributed by atoms with Crippen LogP contribution in [0.2, 0.25) is 0 Å². The molecule has 0 unspecified atom stereocenters. The van der Waals surface area contributed by atoms with Gasteiger partial charge in [-0.25, -0.2) is 0 Å². The van der Waals surface area contributed by atoms with Crippen LogP contribution in [0.3, 0.4) is 0 Å². The van der Waals surface area contributed by atoms with Crippen molar-refractivity contribution in [3.63, 3.8) is 0 Å². The van der Waals surface area contributed by atoms with Crippen LogP contribution < -0.4 is 15.8 Å². The molecule has 0 fully saturated rings. The topological polar surface area (TPSA) is 64.3 Å². The van der Waals surface area contributed by atoms with E-state index in [-0.39, 0.29) is 18.3 Å². The Bertz CT molecular complexity index is 594. The van der Waals surface area contributed by atoms with E-state index in [2.05, 4.69) is 5.32 Å². The van der Waals surface area contributed by atoms with Gasteiger partial charge < -0.3 is 15.8 Å². The third-order valence-corrected chi connectivity index (χ3v) is 3.61. The first-order valence-electron chi connectivity index (χ1n) is 6.76. The number of amides is 1. The molecule has 1 heterocycles. The lowest BCUT2D eigenvalue weighted by Gasteiger charge is -2.19. The Morgan fingerprint density at radius 3 is 2.73 bits per heavy atom. The first kappa shape index (κ1) is 18.5. The lowest BCUT2D eigenvalue weighted by Crippen LogP contribution is -2.45. The number of hydrogen-bond acceptors (Lipinski definition) is 4. The molecule has 6 heteroatoms. The van der Waals surface area contributed by atoms with Crippen molar-refractivity contribution in [3.05, 3.63) is 52.2 Å². The second-order valence-corrected chi connectivity index (χ2v) is 6.60. The monoisotopic (exact) mass is 340 g/mol. The standard InChI is InChI=1S/C16H20N2O2S.ClH/c1-16(2,17)11-18-15(19)12-5-3-6-13(9-12)20-10-14-7-4-8-21-14;/h3-9H,10-11,17H2,1-2H3,(H,18,19);1H. The van der Waals surface area contributed by atoms with Crippen LogP contribution in [0, 0.1) is 0 Å². The van der Waals surface area contributed by atoms with Gasteiger partial charge in [-0.05, 0) is 43.5 Å². The fraction of sp³-hybridized carbons (Fsp3) is 0.312. The molecule has 0 aliphatic carbocycles. The number of nitrogens with one attached hydrogen (secondary N) is 1. The summed E-state index contributed by atoms with van der Waals surface area (Å²) in [5, 5.41) is 4.83. The van der Waals surface area contributed by atoms with Crippen molar-refractivity contribution in [2.75, 3.05) is 6.54 Å². The summed E-state index contributed by atoms with van der Waals surface area (Å²) in [6, 6.07) is 11.2. The maximum absolute atomic E-state index is 12.1. The average molecular weight is 341 g/mol. The molecule has 1 amide bonds. The molecule has 0 atom stereocenters. The summed E-state index contributed by atoms with van der Waals surface area (Å²) in [7, 11) is 0. The van der Waals surface area contributed by atoms with Crippen molar-refractivity contribution in [2.24, 2.45) is 5.73 Å². The van der Waals surface area contributed by atoms with Crippen LogP contribution in [0.15, 0.2) is 41.8 Å². The number of thiophene rings is 1. The van der Waals surface area contributed by atoms with Crippen molar-refractivity contribution in [3.8, 4) is 5.75 Å². The molecule has 1 aromatic heterocycles. The second-order valence-electron chi connectivity index (χ2n) is 5.57. The van der Waals surface area contributed by atoms with Crippen molar-refractivity contribution < 1.29 is 9.53 Å². The molecule has 0 saturated heterocycles. The van der Waals surface area contributed by atoms with Gasteiger partial charge in [-0.1, -0.05) is 12.1 Å². The smallest absolute Gasteiger partial charge is 0.251 e. The fourth-order valence-electron chi connectivity index (χ4n) is 1.69. The molecule has 0 bridgehead atoms. The van der Waals surface area contributed by atoms with Crippen molar-refractivity contribution >= 4 is 29.7 Å². The van der Waals surface area contributed by atoms with Gasteiger partial charge in [-0.3, -0.25) is 4.79 Å². The molecular formula is C16H21ClN2O2S. The Morgan fingerprint density at radius 2 is 2.09 bits per heavy atom. The SMILES string of the molecule is CC(C)(N)CNC(=O)c1cccc(OCc2cccs2)c1.Cl. The van der Waals surface area contributed by atoms with E-state index in [0.29, 0.717) is 24.5 Å². The third-order valence-electron chi connectivity index (χ3n) is 2.76. The van der Waals surface area contributed by atoms with E-state index >= 15 is 0 Å². The lowest BCUT2D eigenvalue weighted by atomic mass is 10.1. The number of benzene rings is 1. The van der Waals surface area contributed by atoms with Gasteiger partial charge >= 0.3 is 0 Å². The van der Waals surface area contributed by atoms with Gasteiger partial charge in [0.1, 0.15) is 12.4 Å². The van der Waals surface area contributed by atoms with Crippen LogP contribution in [0.5, 0.6) is 5.75 Å². The van der Waals surface area contributed by atoms with E-state index in [9.17, 15) is 4.79 Å². The number of hydrogen-bond donors (Lipinski definition) is 2. The Hall–Kier alpha value is -1.56. The summed E-state index contributed by atoms with van der Waals surface area (Å²) in [6.45, 7) is 4.67. The summed E-state index contributed by atoms with van der Waals surface area (Å²) in [4.78, 5) is 13.2. The summed E-state index contributed by atoms with van der Waals surface area (Å²) in [5.74, 6) is 0.540. The number of rotatable bonds is 6. The summed E-state index contributed by atoms with van der Waals surface area (Å²) in [6.07, 6.45) is 0. The molecule has 2 rings (SSSR count). The van der Waals surface area contributed by atoms with Gasteiger partial charge in [0.2, 0.25) is 0 Å². The molecule has 0 aliphatic heterocycles. The zero-order valence-electron chi connectivity index (χ0n) is 12.7. The molecule has 2 aromatic rings. The molecule has 3 N–H and O–H groups in total. The fourth-order valence-corrected chi connectivity index (χ4v) is 2.30. The highest BCUT2D eigenvalue weighted by Crippen LogP contribution is 2.17. The first-order valence-corrected chi connectivity index (χ1v) is 7.64. The van der Waals surface area contributed by atoms with Crippen molar-refractivity contribution in [1.29, 1.82) is 0 Å². The van der Waals surface area contributed by atoms with E-state index < -0.39 is 5.54 Å². The Labute approximate surface area is 141 Å². The zero-order valence-corrected chi connectivity index (χ0v) is 14.3. The van der Waals surface area contributed by atoms with Gasteiger partial charge in [0, 0.05) is 22.5 Å². The largest absolute Gasteiger partial charge is 0.488 e. The maximum Gasteiger partial charge on any atom is 0.251 e. The van der Waals surface area contributed by atoms with Gasteiger partial charge in [-0.15, -0.1) is 23.7 Å². The molecular weight excluding hydrogens is 320 g/mol. The van der Waals surface area contributed by atoms with Crippen LogP contribution in [-0.4, -0.2) is 18.0 Å². The Kier molecular flexibility index (Phi) is 6.87. The van der Waals surface area contributed by atoms with Crippen molar-refractivity contribution in [1.82, 2.24) is 5.32 Å². The molecule has 4 nitrogen and oxygen atoms in total. The van der Waals surface area contributed by atoms with E-state index in [1.807, 2.05) is 43.5 Å².